The molecule has 0 aliphatic heterocycles. The van der Waals surface area contributed by atoms with Gasteiger partial charge in [0.1, 0.15) is 5.82 Å². The summed E-state index contributed by atoms with van der Waals surface area (Å²) in [7, 11) is -1.36. The van der Waals surface area contributed by atoms with E-state index in [0.717, 1.165) is 5.56 Å². The lowest BCUT2D eigenvalue weighted by molar-refractivity contribution is -0.123. The van der Waals surface area contributed by atoms with Gasteiger partial charge >= 0.3 is 0 Å². The summed E-state index contributed by atoms with van der Waals surface area (Å²) in [6, 6.07) is 5.66. The van der Waals surface area contributed by atoms with Crippen molar-refractivity contribution in [2.24, 2.45) is 5.41 Å². The zero-order valence-electron chi connectivity index (χ0n) is 17.3. The lowest BCUT2D eigenvalue weighted by Gasteiger charge is -2.29. The Hall–Kier alpha value is -1.47. The summed E-state index contributed by atoms with van der Waals surface area (Å²) in [5.41, 5.74) is 0.824. The van der Waals surface area contributed by atoms with Gasteiger partial charge in [0.25, 0.3) is 0 Å². The number of likely N-dealkylation sites (N-methyl/N-ethyl adjacent to an activating group) is 1. The fraction of sp³-hybridized carbons (Fsp3) is 0.650. The van der Waals surface area contributed by atoms with Gasteiger partial charge < -0.3 is 5.32 Å². The van der Waals surface area contributed by atoms with Crippen molar-refractivity contribution in [1.82, 2.24) is 10.2 Å². The Morgan fingerprint density at radius 2 is 1.78 bits per heavy atom. The van der Waals surface area contributed by atoms with Crippen molar-refractivity contribution >= 4 is 15.7 Å². The van der Waals surface area contributed by atoms with Gasteiger partial charge in [-0.1, -0.05) is 39.8 Å². The van der Waals surface area contributed by atoms with Crippen LogP contribution in [-0.4, -0.2) is 50.4 Å². The molecule has 0 spiro atoms. The first-order valence-electron chi connectivity index (χ1n) is 9.28. The van der Waals surface area contributed by atoms with Gasteiger partial charge in [-0.3, -0.25) is 9.69 Å². The normalized spacial score (nSPS) is 14.8. The number of carbonyl (C=O) groups is 1. The fourth-order valence-corrected chi connectivity index (χ4v) is 4.02. The molecule has 1 amide bonds. The maximum atomic E-state index is 13.2. The summed E-state index contributed by atoms with van der Waals surface area (Å²) >= 11 is 0. The quantitative estimate of drug-likeness (QED) is 0.691. The Bertz CT molecular complexity index is 712. The molecule has 0 fully saturated rings. The second-order valence-electron chi connectivity index (χ2n) is 8.40. The highest BCUT2D eigenvalue weighted by atomic mass is 32.2. The fourth-order valence-electron chi connectivity index (χ4n) is 2.79. The van der Waals surface area contributed by atoms with Crippen LogP contribution < -0.4 is 5.32 Å². The van der Waals surface area contributed by atoms with E-state index in [9.17, 15) is 17.6 Å². The molecule has 2 unspecified atom stereocenters. The largest absolute Gasteiger partial charge is 0.348 e. The Morgan fingerprint density at radius 1 is 1.22 bits per heavy atom. The van der Waals surface area contributed by atoms with E-state index in [1.54, 1.807) is 37.9 Å². The number of rotatable bonds is 9. The van der Waals surface area contributed by atoms with Crippen molar-refractivity contribution in [2.75, 3.05) is 25.1 Å². The second-order valence-corrected chi connectivity index (χ2v) is 10.8. The van der Waals surface area contributed by atoms with Crippen LogP contribution in [0.25, 0.3) is 0 Å². The number of sulfone groups is 1. The molecule has 2 atom stereocenters. The third kappa shape index (κ3) is 8.84. The van der Waals surface area contributed by atoms with Crippen LogP contribution in [0.3, 0.4) is 0 Å². The summed E-state index contributed by atoms with van der Waals surface area (Å²) in [6.07, 6.45) is 0.702. The van der Waals surface area contributed by atoms with Crippen molar-refractivity contribution in [3.05, 3.63) is 35.6 Å². The van der Waals surface area contributed by atoms with Crippen molar-refractivity contribution in [2.45, 2.75) is 53.1 Å². The predicted octanol–water partition coefficient (Wildman–Crippen LogP) is 3.17. The Morgan fingerprint density at radius 3 is 2.26 bits per heavy atom. The molecule has 0 aliphatic carbocycles. The van der Waals surface area contributed by atoms with E-state index in [0.29, 0.717) is 6.42 Å². The van der Waals surface area contributed by atoms with Crippen LogP contribution in [0.5, 0.6) is 0 Å². The molecule has 5 nitrogen and oxygen atoms in total. The van der Waals surface area contributed by atoms with Gasteiger partial charge in [-0.15, -0.1) is 0 Å². The molecular weight excluding hydrogens is 367 g/mol. The average Bonchev–Trinajstić information content (AvgIpc) is 2.53. The van der Waals surface area contributed by atoms with Crippen LogP contribution >= 0.6 is 0 Å². The van der Waals surface area contributed by atoms with Crippen LogP contribution in [0.2, 0.25) is 0 Å². The molecule has 0 radical (unpaired) electrons. The molecule has 7 heteroatoms. The summed E-state index contributed by atoms with van der Waals surface area (Å²) in [5, 5.41) is 3.02. The second kappa shape index (κ2) is 9.64. The van der Waals surface area contributed by atoms with Gasteiger partial charge in [-0.2, -0.15) is 0 Å². The highest BCUT2D eigenvalue weighted by Crippen LogP contribution is 2.29. The third-order valence-electron chi connectivity index (χ3n) is 4.50. The number of hydrogen-bond acceptors (Lipinski definition) is 4. The molecule has 0 aliphatic rings. The molecule has 0 saturated carbocycles. The maximum Gasteiger partial charge on any atom is 0.234 e. The molecular formula is C20H33FN2O3S. The molecule has 0 aromatic heterocycles. The van der Waals surface area contributed by atoms with Crippen LogP contribution in [0.1, 0.15) is 52.6 Å². The lowest BCUT2D eigenvalue weighted by atomic mass is 9.85. The topological polar surface area (TPSA) is 66.5 Å². The number of halogens is 1. The molecule has 0 bridgehead atoms. The number of nitrogens with one attached hydrogen (secondary N) is 1. The first-order valence-corrected chi connectivity index (χ1v) is 11.1. The Labute approximate surface area is 163 Å². The highest BCUT2D eigenvalue weighted by Gasteiger charge is 2.24. The maximum absolute atomic E-state index is 13.2. The minimum absolute atomic E-state index is 0.0245. The third-order valence-corrected chi connectivity index (χ3v) is 6.37. The summed E-state index contributed by atoms with van der Waals surface area (Å²) < 4.78 is 36.8. The number of amides is 1. The van der Waals surface area contributed by atoms with E-state index in [4.69, 9.17) is 0 Å². The lowest BCUT2D eigenvalue weighted by Crippen LogP contribution is -2.43. The molecule has 1 rings (SSSR count). The number of carbonyl (C=O) groups excluding carboxylic acids is 1. The molecule has 1 aromatic carbocycles. The van der Waals surface area contributed by atoms with E-state index in [-0.39, 0.29) is 47.3 Å². The van der Waals surface area contributed by atoms with E-state index in [1.165, 1.54) is 12.1 Å². The van der Waals surface area contributed by atoms with Crippen molar-refractivity contribution < 1.29 is 17.6 Å². The standard InChI is InChI=1S/C20H33FN2O3S/c1-7-27(25,26)14-15(2)23(6)13-19(24)22-18(12-20(3,4)5)16-8-10-17(21)11-9-16/h8-11,15,18H,7,12-14H2,1-6H3,(H,22,24). The van der Waals surface area contributed by atoms with E-state index in [2.05, 4.69) is 26.1 Å². The van der Waals surface area contributed by atoms with Gasteiger partial charge in [0.05, 0.1) is 18.3 Å². The molecule has 1 N–H and O–H groups in total. The van der Waals surface area contributed by atoms with Gasteiger partial charge in [0, 0.05) is 11.8 Å². The van der Waals surface area contributed by atoms with Crippen molar-refractivity contribution in [3.63, 3.8) is 0 Å². The molecule has 0 heterocycles. The number of benzene rings is 1. The highest BCUT2D eigenvalue weighted by molar-refractivity contribution is 7.91. The predicted molar refractivity (Wildman–Crippen MR) is 108 cm³/mol. The van der Waals surface area contributed by atoms with Gasteiger partial charge in [-0.05, 0) is 43.5 Å². The first kappa shape index (κ1) is 23.6. The summed E-state index contributed by atoms with van der Waals surface area (Å²) in [4.78, 5) is 14.3. The first-order chi connectivity index (χ1) is 12.3. The number of nitrogens with zero attached hydrogens (tertiary/aromatic N) is 1. The van der Waals surface area contributed by atoms with Crippen LogP contribution in [0.15, 0.2) is 24.3 Å². The van der Waals surface area contributed by atoms with E-state index in [1.807, 2.05) is 0 Å². The summed E-state index contributed by atoms with van der Waals surface area (Å²) in [6.45, 7) is 9.77. The Balaban J connectivity index is 2.79. The van der Waals surface area contributed by atoms with Crippen LogP contribution in [0, 0.1) is 11.2 Å². The molecule has 1 aromatic rings. The van der Waals surface area contributed by atoms with Gasteiger partial charge in [0.2, 0.25) is 5.91 Å². The van der Waals surface area contributed by atoms with Gasteiger partial charge in [0.15, 0.2) is 9.84 Å². The smallest absolute Gasteiger partial charge is 0.234 e. The minimum atomic E-state index is -3.10. The van der Waals surface area contributed by atoms with Crippen molar-refractivity contribution in [3.8, 4) is 0 Å². The van der Waals surface area contributed by atoms with E-state index < -0.39 is 9.84 Å². The molecule has 0 saturated heterocycles. The average molecular weight is 401 g/mol. The van der Waals surface area contributed by atoms with Gasteiger partial charge in [-0.25, -0.2) is 12.8 Å². The summed E-state index contributed by atoms with van der Waals surface area (Å²) in [5.74, 6) is -0.381. The SMILES string of the molecule is CCS(=O)(=O)CC(C)N(C)CC(=O)NC(CC(C)(C)C)c1ccc(F)cc1. The Kier molecular flexibility index (Phi) is 8.42. The monoisotopic (exact) mass is 400 g/mol. The van der Waals surface area contributed by atoms with E-state index >= 15 is 0 Å². The van der Waals surface area contributed by atoms with Crippen LogP contribution in [0.4, 0.5) is 4.39 Å². The van der Waals surface area contributed by atoms with Crippen LogP contribution in [-0.2, 0) is 14.6 Å². The minimum Gasteiger partial charge on any atom is -0.348 e. The molecule has 27 heavy (non-hydrogen) atoms. The number of hydrogen-bond donors (Lipinski definition) is 1. The van der Waals surface area contributed by atoms with Crippen molar-refractivity contribution in [1.29, 1.82) is 0 Å². The zero-order chi connectivity index (χ0) is 20.8. The molecule has 154 valence electrons. The zero-order valence-corrected chi connectivity index (χ0v) is 18.1.